The van der Waals surface area contributed by atoms with Gasteiger partial charge in [-0.1, -0.05) is 12.8 Å². The summed E-state index contributed by atoms with van der Waals surface area (Å²) < 4.78 is 0. The fraction of sp³-hybridized carbons (Fsp3) is 0.643. The van der Waals surface area contributed by atoms with Crippen LogP contribution in [0.15, 0.2) is 11.4 Å². The van der Waals surface area contributed by atoms with Gasteiger partial charge in [-0.3, -0.25) is 15.1 Å². The van der Waals surface area contributed by atoms with Crippen molar-refractivity contribution in [2.75, 3.05) is 6.54 Å². The van der Waals surface area contributed by atoms with Gasteiger partial charge < -0.3 is 0 Å². The minimum Gasteiger partial charge on any atom is -0.296 e. The van der Waals surface area contributed by atoms with Crippen LogP contribution >= 0.6 is 11.3 Å². The van der Waals surface area contributed by atoms with Crippen LogP contribution in [0.5, 0.6) is 0 Å². The molecule has 2 heterocycles. The lowest BCUT2D eigenvalue weighted by Crippen LogP contribution is -2.35. The van der Waals surface area contributed by atoms with Crippen LogP contribution in [0.3, 0.4) is 0 Å². The molecule has 5 heteroatoms. The van der Waals surface area contributed by atoms with Gasteiger partial charge in [0.1, 0.15) is 0 Å². The second kappa shape index (κ2) is 5.61. The van der Waals surface area contributed by atoms with Crippen molar-refractivity contribution in [3.8, 4) is 0 Å². The van der Waals surface area contributed by atoms with Crippen molar-refractivity contribution in [1.82, 2.24) is 10.3 Å². The Morgan fingerprint density at radius 2 is 2.26 bits per heavy atom. The van der Waals surface area contributed by atoms with E-state index in [1.807, 2.05) is 5.38 Å². The highest BCUT2D eigenvalue weighted by atomic mass is 32.1. The number of carbonyl (C=O) groups excluding carboxylic acids is 1. The van der Waals surface area contributed by atoms with Crippen molar-refractivity contribution in [1.29, 1.82) is 0 Å². The zero-order valence-corrected chi connectivity index (χ0v) is 11.9. The van der Waals surface area contributed by atoms with Crippen LogP contribution in [-0.2, 0) is 6.54 Å². The van der Waals surface area contributed by atoms with Gasteiger partial charge in [0.2, 0.25) is 0 Å². The molecule has 2 atom stereocenters. The van der Waals surface area contributed by atoms with E-state index in [-0.39, 0.29) is 5.91 Å². The smallest absolute Gasteiger partial charge is 0.275 e. The van der Waals surface area contributed by atoms with Gasteiger partial charge in [0, 0.05) is 12.6 Å². The van der Waals surface area contributed by atoms with Gasteiger partial charge in [0.25, 0.3) is 5.91 Å². The number of amides is 1. The van der Waals surface area contributed by atoms with E-state index >= 15 is 0 Å². The summed E-state index contributed by atoms with van der Waals surface area (Å²) in [4.78, 5) is 15.0. The molecule has 2 aliphatic rings. The Kier molecular flexibility index (Phi) is 3.86. The number of likely N-dealkylation sites (tertiary alicyclic amines) is 1. The molecule has 0 radical (unpaired) electrons. The molecule has 1 amide bonds. The van der Waals surface area contributed by atoms with Crippen LogP contribution in [-0.4, -0.2) is 23.4 Å². The van der Waals surface area contributed by atoms with Gasteiger partial charge in [0.15, 0.2) is 0 Å². The second-order valence-corrected chi connectivity index (χ2v) is 6.54. The number of carbonyl (C=O) groups is 1. The molecule has 3 N–H and O–H groups in total. The van der Waals surface area contributed by atoms with Crippen LogP contribution in [0.1, 0.15) is 47.3 Å². The molecular formula is C14H21N3OS. The summed E-state index contributed by atoms with van der Waals surface area (Å²) in [5, 5.41) is 1.98. The topological polar surface area (TPSA) is 58.4 Å². The highest BCUT2D eigenvalue weighted by molar-refractivity contribution is 7.12. The molecule has 1 saturated carbocycles. The molecule has 4 nitrogen and oxygen atoms in total. The second-order valence-electron chi connectivity index (χ2n) is 5.62. The Hall–Kier alpha value is -0.910. The maximum Gasteiger partial charge on any atom is 0.275 e. The minimum atomic E-state index is -0.163. The van der Waals surface area contributed by atoms with E-state index in [1.165, 1.54) is 50.0 Å². The lowest BCUT2D eigenvalue weighted by molar-refractivity contribution is 0.0955. The van der Waals surface area contributed by atoms with Crippen molar-refractivity contribution in [2.45, 2.75) is 44.7 Å². The minimum absolute atomic E-state index is 0.163. The number of rotatable bonds is 3. The first kappa shape index (κ1) is 13.1. The van der Waals surface area contributed by atoms with Crippen LogP contribution in [0, 0.1) is 5.92 Å². The monoisotopic (exact) mass is 279 g/mol. The Bertz CT molecular complexity index is 459. The Balaban J connectivity index is 1.71. The average molecular weight is 279 g/mol. The summed E-state index contributed by atoms with van der Waals surface area (Å²) in [5.74, 6) is 5.97. The summed E-state index contributed by atoms with van der Waals surface area (Å²) >= 11 is 1.48. The molecule has 2 fully saturated rings. The lowest BCUT2D eigenvalue weighted by atomic mass is 9.85. The van der Waals surface area contributed by atoms with Gasteiger partial charge in [-0.05, 0) is 48.7 Å². The van der Waals surface area contributed by atoms with E-state index < -0.39 is 0 Å². The number of nitrogens with two attached hydrogens (primary N) is 1. The van der Waals surface area contributed by atoms with Crippen molar-refractivity contribution in [3.63, 3.8) is 0 Å². The van der Waals surface area contributed by atoms with Crippen molar-refractivity contribution >= 4 is 17.2 Å². The van der Waals surface area contributed by atoms with Gasteiger partial charge in [-0.15, -0.1) is 11.3 Å². The van der Waals surface area contributed by atoms with Crippen molar-refractivity contribution in [3.05, 3.63) is 21.9 Å². The standard InChI is InChI=1S/C14H21N3OS/c15-16-14(18)13-11(6-8-19-13)9-17-7-5-10-3-1-2-4-12(10)17/h6,8,10,12H,1-5,7,9,15H2,(H,16,18). The van der Waals surface area contributed by atoms with Crippen LogP contribution in [0.25, 0.3) is 0 Å². The molecule has 0 spiro atoms. The summed E-state index contributed by atoms with van der Waals surface area (Å²) in [7, 11) is 0. The molecule has 1 aromatic rings. The normalized spacial score (nSPS) is 27.2. The SMILES string of the molecule is NNC(=O)c1sccc1CN1CCC2CCCCC21. The molecule has 1 aromatic heterocycles. The molecule has 19 heavy (non-hydrogen) atoms. The van der Waals surface area contributed by atoms with E-state index in [4.69, 9.17) is 5.84 Å². The van der Waals surface area contributed by atoms with Gasteiger partial charge in [-0.25, -0.2) is 5.84 Å². The molecular weight excluding hydrogens is 258 g/mol. The Morgan fingerprint density at radius 3 is 3.11 bits per heavy atom. The predicted molar refractivity (Wildman–Crippen MR) is 76.7 cm³/mol. The van der Waals surface area contributed by atoms with E-state index in [2.05, 4.69) is 16.4 Å². The number of hydrazine groups is 1. The van der Waals surface area contributed by atoms with Gasteiger partial charge >= 0.3 is 0 Å². The zero-order valence-electron chi connectivity index (χ0n) is 11.1. The fourth-order valence-electron chi connectivity index (χ4n) is 3.64. The first-order chi connectivity index (χ1) is 9.29. The summed E-state index contributed by atoms with van der Waals surface area (Å²) in [5.41, 5.74) is 3.37. The van der Waals surface area contributed by atoms with E-state index in [9.17, 15) is 4.79 Å². The maximum absolute atomic E-state index is 11.7. The van der Waals surface area contributed by atoms with Crippen LogP contribution in [0.4, 0.5) is 0 Å². The van der Waals surface area contributed by atoms with Crippen LogP contribution < -0.4 is 11.3 Å². The average Bonchev–Trinajstić information content (AvgIpc) is 3.06. The lowest BCUT2D eigenvalue weighted by Gasteiger charge is -2.31. The molecule has 1 aliphatic heterocycles. The number of hydrogen-bond donors (Lipinski definition) is 2. The first-order valence-corrected chi connectivity index (χ1v) is 7.99. The number of thiophene rings is 1. The molecule has 2 unspecified atom stereocenters. The number of nitrogen functional groups attached to an aromatic ring is 1. The largest absolute Gasteiger partial charge is 0.296 e. The number of nitrogens with one attached hydrogen (secondary N) is 1. The van der Waals surface area contributed by atoms with Crippen molar-refractivity contribution in [2.24, 2.45) is 11.8 Å². The number of nitrogens with zero attached hydrogens (tertiary/aromatic N) is 1. The highest BCUT2D eigenvalue weighted by Gasteiger charge is 2.35. The van der Waals surface area contributed by atoms with Crippen LogP contribution in [0.2, 0.25) is 0 Å². The Morgan fingerprint density at radius 1 is 1.42 bits per heavy atom. The maximum atomic E-state index is 11.7. The molecule has 1 saturated heterocycles. The summed E-state index contributed by atoms with van der Waals surface area (Å²) in [6.07, 6.45) is 6.80. The van der Waals surface area contributed by atoms with E-state index in [0.717, 1.165) is 28.9 Å². The predicted octanol–water partition coefficient (Wildman–Crippen LogP) is 2.12. The Labute approximate surface area is 117 Å². The third-order valence-corrected chi connectivity index (χ3v) is 5.54. The molecule has 0 aromatic carbocycles. The van der Waals surface area contributed by atoms with E-state index in [1.54, 1.807) is 0 Å². The van der Waals surface area contributed by atoms with E-state index in [0.29, 0.717) is 0 Å². The molecule has 3 rings (SSSR count). The third kappa shape index (κ3) is 2.55. The highest BCUT2D eigenvalue weighted by Crippen LogP contribution is 2.37. The fourth-order valence-corrected chi connectivity index (χ4v) is 4.46. The molecule has 0 bridgehead atoms. The summed E-state index contributed by atoms with van der Waals surface area (Å²) in [6.45, 7) is 2.07. The molecule has 1 aliphatic carbocycles. The zero-order chi connectivity index (χ0) is 13.2. The van der Waals surface area contributed by atoms with Gasteiger partial charge in [0.05, 0.1) is 4.88 Å². The quantitative estimate of drug-likeness (QED) is 0.506. The summed E-state index contributed by atoms with van der Waals surface area (Å²) in [6, 6.07) is 2.80. The number of hydrogen-bond acceptors (Lipinski definition) is 4. The van der Waals surface area contributed by atoms with Gasteiger partial charge in [-0.2, -0.15) is 0 Å². The number of fused-ring (bicyclic) bond motifs is 1. The molecule has 104 valence electrons. The third-order valence-electron chi connectivity index (χ3n) is 4.58. The van der Waals surface area contributed by atoms with Crippen molar-refractivity contribution < 1.29 is 4.79 Å². The first-order valence-electron chi connectivity index (χ1n) is 7.11.